The number of benzene rings is 1. The van der Waals surface area contributed by atoms with E-state index in [1.807, 2.05) is 18.2 Å². The molecule has 2 rings (SSSR count). The number of carbonyl (C=O) groups excluding carboxylic acids is 1. The first kappa shape index (κ1) is 11.1. The van der Waals surface area contributed by atoms with E-state index in [1.54, 1.807) is 6.92 Å². The normalized spacial score (nSPS) is 18.9. The minimum atomic E-state index is -0.440. The molecule has 86 valence electrons. The summed E-state index contributed by atoms with van der Waals surface area (Å²) in [7, 11) is 0. The van der Waals surface area contributed by atoms with Gasteiger partial charge in [0.1, 0.15) is 0 Å². The highest BCUT2D eigenvalue weighted by atomic mass is 16.2. The van der Waals surface area contributed by atoms with Gasteiger partial charge in [0.25, 0.3) is 0 Å². The average molecular weight is 218 g/mol. The summed E-state index contributed by atoms with van der Waals surface area (Å²) >= 11 is 0. The first-order valence-corrected chi connectivity index (χ1v) is 5.79. The van der Waals surface area contributed by atoms with Gasteiger partial charge in [-0.3, -0.25) is 4.79 Å². The molecule has 1 aromatic carbocycles. The Morgan fingerprint density at radius 1 is 1.38 bits per heavy atom. The van der Waals surface area contributed by atoms with Crippen LogP contribution in [0.3, 0.4) is 0 Å². The molecular formula is C13H18N2O. The Morgan fingerprint density at radius 2 is 2.00 bits per heavy atom. The Balaban J connectivity index is 2.09. The van der Waals surface area contributed by atoms with Crippen LogP contribution in [-0.4, -0.2) is 11.9 Å². The third-order valence-electron chi connectivity index (χ3n) is 2.96. The van der Waals surface area contributed by atoms with Crippen LogP contribution in [0.4, 0.5) is 0 Å². The van der Waals surface area contributed by atoms with E-state index in [0.29, 0.717) is 5.92 Å². The third kappa shape index (κ3) is 2.61. The molecule has 16 heavy (non-hydrogen) atoms. The molecule has 1 saturated carbocycles. The number of nitrogens with one attached hydrogen (secondary N) is 1. The standard InChI is InChI=1S/C13H18N2O/c1-9(14)13(16)15-12(11-7-8-11)10-5-3-2-4-6-10/h2-6,9,11-12H,7-8,14H2,1H3,(H,15,16)/t9-,12?/m0/s1. The van der Waals surface area contributed by atoms with Gasteiger partial charge in [0.2, 0.25) is 5.91 Å². The maximum Gasteiger partial charge on any atom is 0.237 e. The molecule has 1 unspecified atom stereocenters. The second kappa shape index (κ2) is 4.66. The Morgan fingerprint density at radius 3 is 2.50 bits per heavy atom. The van der Waals surface area contributed by atoms with Crippen LogP contribution in [0.5, 0.6) is 0 Å². The number of nitrogens with two attached hydrogens (primary N) is 1. The number of rotatable bonds is 4. The van der Waals surface area contributed by atoms with E-state index in [4.69, 9.17) is 5.73 Å². The summed E-state index contributed by atoms with van der Waals surface area (Å²) in [5, 5.41) is 3.03. The van der Waals surface area contributed by atoms with E-state index in [-0.39, 0.29) is 11.9 Å². The molecule has 0 aromatic heterocycles. The van der Waals surface area contributed by atoms with Crippen molar-refractivity contribution in [2.75, 3.05) is 0 Å². The van der Waals surface area contributed by atoms with Gasteiger partial charge in [-0.1, -0.05) is 30.3 Å². The van der Waals surface area contributed by atoms with Crippen molar-refractivity contribution >= 4 is 5.91 Å². The van der Waals surface area contributed by atoms with Crippen molar-refractivity contribution in [2.24, 2.45) is 11.7 Å². The van der Waals surface area contributed by atoms with E-state index in [2.05, 4.69) is 17.4 Å². The van der Waals surface area contributed by atoms with Crippen molar-refractivity contribution in [3.8, 4) is 0 Å². The minimum absolute atomic E-state index is 0.0687. The van der Waals surface area contributed by atoms with E-state index in [0.717, 1.165) is 0 Å². The summed E-state index contributed by atoms with van der Waals surface area (Å²) in [5.74, 6) is 0.519. The van der Waals surface area contributed by atoms with Crippen molar-refractivity contribution in [3.63, 3.8) is 0 Å². The molecular weight excluding hydrogens is 200 g/mol. The maximum absolute atomic E-state index is 11.6. The zero-order valence-corrected chi connectivity index (χ0v) is 9.52. The lowest BCUT2D eigenvalue weighted by atomic mass is 10.0. The molecule has 1 amide bonds. The van der Waals surface area contributed by atoms with Crippen LogP contribution in [0.2, 0.25) is 0 Å². The first-order chi connectivity index (χ1) is 7.68. The molecule has 1 aromatic rings. The van der Waals surface area contributed by atoms with Crippen LogP contribution < -0.4 is 11.1 Å². The molecule has 0 aliphatic heterocycles. The van der Waals surface area contributed by atoms with E-state index >= 15 is 0 Å². The molecule has 0 bridgehead atoms. The smallest absolute Gasteiger partial charge is 0.237 e. The zero-order valence-electron chi connectivity index (χ0n) is 9.52. The van der Waals surface area contributed by atoms with Gasteiger partial charge in [0.15, 0.2) is 0 Å². The Hall–Kier alpha value is -1.35. The van der Waals surface area contributed by atoms with Crippen LogP contribution in [0.25, 0.3) is 0 Å². The number of hydrogen-bond donors (Lipinski definition) is 2. The molecule has 0 radical (unpaired) electrons. The lowest BCUT2D eigenvalue weighted by molar-refractivity contribution is -0.122. The second-order valence-electron chi connectivity index (χ2n) is 4.52. The zero-order chi connectivity index (χ0) is 11.5. The molecule has 0 spiro atoms. The Bertz CT molecular complexity index is 357. The van der Waals surface area contributed by atoms with Gasteiger partial charge in [-0.2, -0.15) is 0 Å². The summed E-state index contributed by atoms with van der Waals surface area (Å²) in [6, 6.07) is 9.81. The highest BCUT2D eigenvalue weighted by Crippen LogP contribution is 2.40. The fourth-order valence-corrected chi connectivity index (χ4v) is 1.85. The summed E-state index contributed by atoms with van der Waals surface area (Å²) in [6.45, 7) is 1.71. The number of carbonyl (C=O) groups is 1. The molecule has 1 aliphatic rings. The van der Waals surface area contributed by atoms with Crippen molar-refractivity contribution in [2.45, 2.75) is 31.8 Å². The van der Waals surface area contributed by atoms with Crippen LogP contribution in [0.1, 0.15) is 31.4 Å². The number of amides is 1. The Labute approximate surface area is 96.0 Å². The lowest BCUT2D eigenvalue weighted by Gasteiger charge is -2.20. The van der Waals surface area contributed by atoms with Crippen LogP contribution in [0, 0.1) is 5.92 Å². The second-order valence-corrected chi connectivity index (χ2v) is 4.52. The van der Waals surface area contributed by atoms with Crippen LogP contribution in [-0.2, 0) is 4.79 Å². The molecule has 1 aliphatic carbocycles. The van der Waals surface area contributed by atoms with Gasteiger partial charge in [-0.15, -0.1) is 0 Å². The quantitative estimate of drug-likeness (QED) is 0.806. The molecule has 3 heteroatoms. The predicted octanol–water partition coefficient (Wildman–Crippen LogP) is 1.60. The third-order valence-corrected chi connectivity index (χ3v) is 2.96. The fraction of sp³-hybridized carbons (Fsp3) is 0.462. The van der Waals surface area contributed by atoms with Crippen molar-refractivity contribution in [3.05, 3.63) is 35.9 Å². The summed E-state index contributed by atoms with van der Waals surface area (Å²) < 4.78 is 0. The topological polar surface area (TPSA) is 55.1 Å². The number of hydrogen-bond acceptors (Lipinski definition) is 2. The average Bonchev–Trinajstić information content (AvgIpc) is 3.10. The van der Waals surface area contributed by atoms with Gasteiger partial charge < -0.3 is 11.1 Å². The van der Waals surface area contributed by atoms with Gasteiger partial charge in [-0.05, 0) is 31.2 Å². The van der Waals surface area contributed by atoms with Gasteiger partial charge in [0, 0.05) is 0 Å². The summed E-state index contributed by atoms with van der Waals surface area (Å²) in [5.41, 5.74) is 6.75. The highest BCUT2D eigenvalue weighted by molar-refractivity contribution is 5.81. The minimum Gasteiger partial charge on any atom is -0.348 e. The molecule has 2 atom stereocenters. The molecule has 0 saturated heterocycles. The van der Waals surface area contributed by atoms with Crippen molar-refractivity contribution < 1.29 is 4.79 Å². The van der Waals surface area contributed by atoms with Crippen molar-refractivity contribution in [1.29, 1.82) is 0 Å². The van der Waals surface area contributed by atoms with Crippen molar-refractivity contribution in [1.82, 2.24) is 5.32 Å². The first-order valence-electron chi connectivity index (χ1n) is 5.79. The SMILES string of the molecule is C[C@H](N)C(=O)NC(c1ccccc1)C1CC1. The van der Waals surface area contributed by atoms with E-state index in [1.165, 1.54) is 18.4 Å². The molecule has 3 nitrogen and oxygen atoms in total. The van der Waals surface area contributed by atoms with Gasteiger partial charge in [-0.25, -0.2) is 0 Å². The lowest BCUT2D eigenvalue weighted by Crippen LogP contribution is -2.40. The molecule has 3 N–H and O–H groups in total. The van der Waals surface area contributed by atoms with Gasteiger partial charge in [0.05, 0.1) is 12.1 Å². The summed E-state index contributed by atoms with van der Waals surface area (Å²) in [4.78, 5) is 11.6. The summed E-state index contributed by atoms with van der Waals surface area (Å²) in [6.07, 6.45) is 2.39. The highest BCUT2D eigenvalue weighted by Gasteiger charge is 2.33. The van der Waals surface area contributed by atoms with E-state index < -0.39 is 6.04 Å². The maximum atomic E-state index is 11.6. The molecule has 1 fully saturated rings. The monoisotopic (exact) mass is 218 g/mol. The van der Waals surface area contributed by atoms with Gasteiger partial charge >= 0.3 is 0 Å². The van der Waals surface area contributed by atoms with E-state index in [9.17, 15) is 4.79 Å². The Kier molecular flexibility index (Phi) is 3.25. The predicted molar refractivity (Wildman–Crippen MR) is 63.7 cm³/mol. The van der Waals surface area contributed by atoms with Crippen LogP contribution >= 0.6 is 0 Å². The largest absolute Gasteiger partial charge is 0.348 e. The van der Waals surface area contributed by atoms with Crippen LogP contribution in [0.15, 0.2) is 30.3 Å². The fourth-order valence-electron chi connectivity index (χ4n) is 1.85. The molecule has 0 heterocycles.